The van der Waals surface area contributed by atoms with Gasteiger partial charge < -0.3 is 14.8 Å². The maximum absolute atomic E-state index is 13.7. The molecule has 3 aromatic heterocycles. The monoisotopic (exact) mass is 459 g/mol. The van der Waals surface area contributed by atoms with Crippen LogP contribution in [-0.4, -0.2) is 31.4 Å². The summed E-state index contributed by atoms with van der Waals surface area (Å²) in [5.74, 6) is 0.740. The molecule has 0 aliphatic heterocycles. The molecule has 0 aliphatic carbocycles. The molecule has 0 bridgehead atoms. The van der Waals surface area contributed by atoms with E-state index in [-0.39, 0.29) is 17.2 Å². The summed E-state index contributed by atoms with van der Waals surface area (Å²) in [4.78, 5) is 34.3. The fourth-order valence-corrected chi connectivity index (χ4v) is 4.56. The number of hydrogen-bond donors (Lipinski definition) is 2. The van der Waals surface area contributed by atoms with Crippen molar-refractivity contribution in [2.45, 2.75) is 25.9 Å². The molecule has 0 atom stereocenters. The Labute approximate surface area is 193 Å². The van der Waals surface area contributed by atoms with Gasteiger partial charge in [0.05, 0.1) is 11.4 Å². The fraction of sp³-hybridized carbons (Fsp3) is 0.167. The lowest BCUT2D eigenvalue weighted by Gasteiger charge is -2.15. The molecule has 2 N–H and O–H groups in total. The molecular formula is C24H21N5O3S. The Morgan fingerprint density at radius 3 is 2.76 bits per heavy atom. The molecule has 5 aromatic rings. The third-order valence-electron chi connectivity index (χ3n) is 5.54. The van der Waals surface area contributed by atoms with Crippen molar-refractivity contribution in [3.8, 4) is 5.69 Å². The highest BCUT2D eigenvalue weighted by Gasteiger charge is 2.19. The van der Waals surface area contributed by atoms with Crippen LogP contribution < -0.4 is 10.9 Å². The van der Waals surface area contributed by atoms with Gasteiger partial charge in [0.1, 0.15) is 16.8 Å². The van der Waals surface area contributed by atoms with Crippen LogP contribution in [0.25, 0.3) is 27.6 Å². The average Bonchev–Trinajstić information content (AvgIpc) is 3.38. The summed E-state index contributed by atoms with van der Waals surface area (Å²) in [5, 5.41) is 7.80. The summed E-state index contributed by atoms with van der Waals surface area (Å²) >= 11 is 1.20. The van der Waals surface area contributed by atoms with E-state index in [1.165, 1.54) is 11.8 Å². The number of nitrogens with zero attached hydrogens (tertiary/aromatic N) is 3. The Hall–Kier alpha value is -3.85. The number of rotatable bonds is 5. The van der Waals surface area contributed by atoms with Crippen LogP contribution in [0, 0.1) is 20.8 Å². The molecule has 0 saturated carbocycles. The Morgan fingerprint density at radius 1 is 1.15 bits per heavy atom. The summed E-state index contributed by atoms with van der Waals surface area (Å²) in [6, 6.07) is 15.1. The van der Waals surface area contributed by atoms with Crippen LogP contribution in [0.5, 0.6) is 0 Å². The normalized spacial score (nSPS) is 11.4. The highest BCUT2D eigenvalue weighted by atomic mass is 32.2. The number of fused-ring (bicyclic) bond motifs is 3. The highest BCUT2D eigenvalue weighted by Crippen LogP contribution is 2.28. The molecule has 0 aliphatic rings. The number of hydrogen-bond acceptors (Lipinski definition) is 6. The van der Waals surface area contributed by atoms with Gasteiger partial charge in [0.25, 0.3) is 5.56 Å². The molecule has 3 heterocycles. The van der Waals surface area contributed by atoms with Gasteiger partial charge in [0, 0.05) is 17.0 Å². The number of H-pyrrole nitrogens is 1. The summed E-state index contributed by atoms with van der Waals surface area (Å²) < 4.78 is 6.57. The number of aryl methyl sites for hydroxylation is 2. The van der Waals surface area contributed by atoms with E-state index in [1.807, 2.05) is 56.3 Å². The number of amides is 1. The summed E-state index contributed by atoms with van der Waals surface area (Å²) in [6.07, 6.45) is 0. The molecule has 1 amide bonds. The predicted molar refractivity (Wildman–Crippen MR) is 129 cm³/mol. The molecular weight excluding hydrogens is 438 g/mol. The molecule has 166 valence electrons. The van der Waals surface area contributed by atoms with Crippen molar-refractivity contribution in [1.29, 1.82) is 0 Å². The lowest BCUT2D eigenvalue weighted by molar-refractivity contribution is -0.113. The zero-order valence-corrected chi connectivity index (χ0v) is 19.1. The molecule has 33 heavy (non-hydrogen) atoms. The minimum absolute atomic E-state index is 0.0527. The summed E-state index contributed by atoms with van der Waals surface area (Å²) in [7, 11) is 0. The van der Waals surface area contributed by atoms with Gasteiger partial charge in [0.2, 0.25) is 5.91 Å². The van der Waals surface area contributed by atoms with Crippen molar-refractivity contribution in [2.75, 3.05) is 11.1 Å². The van der Waals surface area contributed by atoms with Crippen molar-refractivity contribution in [1.82, 2.24) is 19.7 Å². The molecule has 0 saturated heterocycles. The van der Waals surface area contributed by atoms with E-state index >= 15 is 0 Å². The van der Waals surface area contributed by atoms with E-state index in [4.69, 9.17) is 9.51 Å². The summed E-state index contributed by atoms with van der Waals surface area (Å²) in [6.45, 7) is 5.72. The first-order chi connectivity index (χ1) is 15.9. The summed E-state index contributed by atoms with van der Waals surface area (Å²) in [5.41, 5.74) is 4.43. The van der Waals surface area contributed by atoms with Crippen molar-refractivity contribution in [3.05, 3.63) is 75.8 Å². The molecule has 0 spiro atoms. The number of nitrogens with one attached hydrogen (secondary N) is 2. The number of thioether (sulfide) groups is 1. The third-order valence-corrected chi connectivity index (χ3v) is 6.48. The number of anilines is 1. The van der Waals surface area contributed by atoms with Crippen LogP contribution in [0.3, 0.4) is 0 Å². The fourth-order valence-electron chi connectivity index (χ4n) is 3.76. The van der Waals surface area contributed by atoms with Crippen LogP contribution >= 0.6 is 11.8 Å². The molecule has 5 rings (SSSR count). The smallest absolute Gasteiger partial charge is 0.283 e. The molecule has 0 radical (unpaired) electrons. The molecule has 0 unspecified atom stereocenters. The van der Waals surface area contributed by atoms with Gasteiger partial charge in [-0.05, 0) is 44.0 Å². The van der Waals surface area contributed by atoms with Gasteiger partial charge in [0.15, 0.2) is 11.0 Å². The molecule has 0 fully saturated rings. The van der Waals surface area contributed by atoms with Crippen LogP contribution in [0.15, 0.2) is 63.0 Å². The first-order valence-corrected chi connectivity index (χ1v) is 11.4. The molecule has 2 aromatic carbocycles. The van der Waals surface area contributed by atoms with Gasteiger partial charge in [-0.3, -0.25) is 14.2 Å². The number of benzene rings is 2. The van der Waals surface area contributed by atoms with Crippen molar-refractivity contribution in [3.63, 3.8) is 0 Å². The second-order valence-electron chi connectivity index (χ2n) is 7.81. The van der Waals surface area contributed by atoms with Crippen molar-refractivity contribution >= 4 is 45.4 Å². The molecule has 9 heteroatoms. The zero-order valence-electron chi connectivity index (χ0n) is 18.3. The van der Waals surface area contributed by atoms with E-state index in [1.54, 1.807) is 17.6 Å². The van der Waals surface area contributed by atoms with E-state index in [0.717, 1.165) is 27.7 Å². The Morgan fingerprint density at radius 2 is 1.97 bits per heavy atom. The lowest BCUT2D eigenvalue weighted by Crippen LogP contribution is -2.23. The van der Waals surface area contributed by atoms with Gasteiger partial charge in [-0.25, -0.2) is 4.98 Å². The van der Waals surface area contributed by atoms with Crippen LogP contribution in [-0.2, 0) is 4.79 Å². The first kappa shape index (κ1) is 21.0. The van der Waals surface area contributed by atoms with Gasteiger partial charge in [-0.1, -0.05) is 47.3 Å². The van der Waals surface area contributed by atoms with Crippen molar-refractivity contribution < 1.29 is 9.32 Å². The first-order valence-electron chi connectivity index (χ1n) is 10.4. The maximum atomic E-state index is 13.7. The standard InChI is InChI=1S/C24H21N5O3S/c1-13-7-6-10-18(15(13)3)29-23(31)22-21(16-8-4-5-9-17(16)25-22)27-24(29)33-12-20(30)26-19-11-14(2)32-28-19/h4-11,25H,12H2,1-3H3,(H,26,28,30). The number of aromatic nitrogens is 4. The third kappa shape index (κ3) is 3.80. The minimum atomic E-state index is -0.269. The quantitative estimate of drug-likeness (QED) is 0.296. The van der Waals surface area contributed by atoms with Crippen LogP contribution in [0.2, 0.25) is 0 Å². The minimum Gasteiger partial charge on any atom is -0.360 e. The zero-order chi connectivity index (χ0) is 23.1. The lowest BCUT2D eigenvalue weighted by atomic mass is 10.1. The number of aromatic amines is 1. The van der Waals surface area contributed by atoms with E-state index in [9.17, 15) is 9.59 Å². The average molecular weight is 460 g/mol. The second kappa shape index (κ2) is 8.25. The number of para-hydroxylation sites is 1. The molecule has 8 nitrogen and oxygen atoms in total. The number of carbonyl (C=O) groups is 1. The van der Waals surface area contributed by atoms with E-state index < -0.39 is 0 Å². The largest absolute Gasteiger partial charge is 0.360 e. The van der Waals surface area contributed by atoms with Crippen LogP contribution in [0.4, 0.5) is 5.82 Å². The van der Waals surface area contributed by atoms with Gasteiger partial charge >= 0.3 is 0 Å². The predicted octanol–water partition coefficient (Wildman–Crippen LogP) is 4.51. The Balaban J connectivity index is 1.62. The maximum Gasteiger partial charge on any atom is 0.283 e. The SMILES string of the molecule is Cc1cc(NC(=O)CSc2nc3c([nH]c4ccccc43)c(=O)n2-c2cccc(C)c2C)no1. The van der Waals surface area contributed by atoms with Gasteiger partial charge in [-0.15, -0.1) is 0 Å². The van der Waals surface area contributed by atoms with Crippen LogP contribution in [0.1, 0.15) is 16.9 Å². The highest BCUT2D eigenvalue weighted by molar-refractivity contribution is 7.99. The second-order valence-corrected chi connectivity index (χ2v) is 8.75. The Bertz CT molecular complexity index is 1580. The number of carbonyl (C=O) groups excluding carboxylic acids is 1. The van der Waals surface area contributed by atoms with Crippen molar-refractivity contribution in [2.24, 2.45) is 0 Å². The topological polar surface area (TPSA) is 106 Å². The van der Waals surface area contributed by atoms with Gasteiger partial charge in [-0.2, -0.15) is 0 Å². The van der Waals surface area contributed by atoms with E-state index in [0.29, 0.717) is 27.8 Å². The Kier molecular flexibility index (Phi) is 5.26. The van der Waals surface area contributed by atoms with E-state index in [2.05, 4.69) is 15.5 Å².